The molecule has 1 aromatic carbocycles. The van der Waals surface area contributed by atoms with E-state index in [1.165, 1.54) is 6.20 Å². The molecule has 0 aliphatic carbocycles. The number of hydrogen-bond acceptors (Lipinski definition) is 6. The van der Waals surface area contributed by atoms with Gasteiger partial charge in [-0.3, -0.25) is 9.59 Å². The summed E-state index contributed by atoms with van der Waals surface area (Å²) in [5.41, 5.74) is 0.635. The van der Waals surface area contributed by atoms with Gasteiger partial charge in [0.15, 0.2) is 5.75 Å². The molecular formula is C20H21NO6. The zero-order valence-corrected chi connectivity index (χ0v) is 15.4. The van der Waals surface area contributed by atoms with Crippen LogP contribution in [0.15, 0.2) is 35.3 Å². The summed E-state index contributed by atoms with van der Waals surface area (Å²) in [7, 11) is 0. The van der Waals surface area contributed by atoms with Gasteiger partial charge in [0.2, 0.25) is 0 Å². The highest BCUT2D eigenvalue weighted by molar-refractivity contribution is 5.94. The smallest absolute Gasteiger partial charge is 0.343 e. The summed E-state index contributed by atoms with van der Waals surface area (Å²) in [6, 6.07) is 7.19. The average Bonchev–Trinajstić information content (AvgIpc) is 2.61. The zero-order chi connectivity index (χ0) is 19.6. The van der Waals surface area contributed by atoms with Gasteiger partial charge in [0.1, 0.15) is 11.3 Å². The van der Waals surface area contributed by atoms with E-state index in [0.717, 1.165) is 5.56 Å². The van der Waals surface area contributed by atoms with Crippen molar-refractivity contribution >= 4 is 11.9 Å². The van der Waals surface area contributed by atoms with Crippen molar-refractivity contribution < 1.29 is 23.8 Å². The number of nitrogens with one attached hydrogen (secondary N) is 1. The standard InChI is InChI=1S/C20H21NO6/c1-4-25-20(24)15-10-21-19(23)17-14(9-16(22)27-18(15)17)12-5-7-13(8-6-12)26-11(2)3/h5-8,10-11,14H,4,9H2,1-3H3,(H,21,23). The summed E-state index contributed by atoms with van der Waals surface area (Å²) in [5, 5.41) is 0. The molecule has 0 fully saturated rings. The molecule has 7 nitrogen and oxygen atoms in total. The SMILES string of the molecule is CCOC(=O)c1c[nH]c(=O)c2c1OC(=O)CC2c1ccc(OC(C)C)cc1. The molecule has 2 aromatic rings. The van der Waals surface area contributed by atoms with Crippen LogP contribution in [0, 0.1) is 0 Å². The monoisotopic (exact) mass is 371 g/mol. The van der Waals surface area contributed by atoms with Gasteiger partial charge < -0.3 is 19.2 Å². The number of aromatic amines is 1. The van der Waals surface area contributed by atoms with Crippen molar-refractivity contribution in [2.24, 2.45) is 0 Å². The molecule has 1 aromatic heterocycles. The number of carbonyl (C=O) groups is 2. The number of carbonyl (C=O) groups excluding carboxylic acids is 2. The molecule has 27 heavy (non-hydrogen) atoms. The van der Waals surface area contributed by atoms with Gasteiger partial charge in [0.05, 0.1) is 24.7 Å². The van der Waals surface area contributed by atoms with Gasteiger partial charge in [-0.1, -0.05) is 12.1 Å². The molecule has 0 spiro atoms. The van der Waals surface area contributed by atoms with Gasteiger partial charge in [0, 0.05) is 12.1 Å². The summed E-state index contributed by atoms with van der Waals surface area (Å²) in [4.78, 5) is 39.4. The van der Waals surface area contributed by atoms with Gasteiger partial charge in [0.25, 0.3) is 5.56 Å². The van der Waals surface area contributed by atoms with E-state index < -0.39 is 23.4 Å². The van der Waals surface area contributed by atoms with E-state index in [4.69, 9.17) is 14.2 Å². The molecule has 1 aliphatic rings. The van der Waals surface area contributed by atoms with Gasteiger partial charge in [-0.05, 0) is 38.5 Å². The number of ether oxygens (including phenoxy) is 3. The van der Waals surface area contributed by atoms with Crippen molar-refractivity contribution in [1.29, 1.82) is 0 Å². The number of pyridine rings is 1. The van der Waals surface area contributed by atoms with Crippen LogP contribution in [0.5, 0.6) is 11.5 Å². The molecule has 0 saturated heterocycles. The van der Waals surface area contributed by atoms with E-state index in [0.29, 0.717) is 5.75 Å². The minimum absolute atomic E-state index is 0.00669. The first-order chi connectivity index (χ1) is 12.9. The Morgan fingerprint density at radius 2 is 1.96 bits per heavy atom. The predicted octanol–water partition coefficient (Wildman–Crippen LogP) is 2.78. The Kier molecular flexibility index (Phi) is 5.30. The van der Waals surface area contributed by atoms with E-state index in [-0.39, 0.29) is 36.0 Å². The molecule has 2 heterocycles. The van der Waals surface area contributed by atoms with Crippen LogP contribution in [0.25, 0.3) is 0 Å². The van der Waals surface area contributed by atoms with Crippen LogP contribution < -0.4 is 15.0 Å². The Balaban J connectivity index is 2.05. The lowest BCUT2D eigenvalue weighted by Crippen LogP contribution is -2.30. The Morgan fingerprint density at radius 1 is 1.26 bits per heavy atom. The number of aromatic nitrogens is 1. The second-order valence-corrected chi connectivity index (χ2v) is 6.46. The highest BCUT2D eigenvalue weighted by Gasteiger charge is 2.34. The normalized spacial score (nSPS) is 15.9. The van der Waals surface area contributed by atoms with Crippen molar-refractivity contribution in [2.75, 3.05) is 6.61 Å². The predicted molar refractivity (Wildman–Crippen MR) is 97.3 cm³/mol. The maximum absolute atomic E-state index is 12.5. The van der Waals surface area contributed by atoms with Crippen LogP contribution in [0.4, 0.5) is 0 Å². The second kappa shape index (κ2) is 7.65. The van der Waals surface area contributed by atoms with Gasteiger partial charge in [-0.25, -0.2) is 4.79 Å². The summed E-state index contributed by atoms with van der Waals surface area (Å²) in [6.45, 7) is 5.70. The highest BCUT2D eigenvalue weighted by atomic mass is 16.5. The minimum Gasteiger partial charge on any atom is -0.491 e. The van der Waals surface area contributed by atoms with E-state index >= 15 is 0 Å². The number of H-pyrrole nitrogens is 1. The zero-order valence-electron chi connectivity index (χ0n) is 15.4. The topological polar surface area (TPSA) is 94.7 Å². The molecule has 0 radical (unpaired) electrons. The Bertz CT molecular complexity index is 913. The number of esters is 2. The van der Waals surface area contributed by atoms with E-state index in [9.17, 15) is 14.4 Å². The quantitative estimate of drug-likeness (QED) is 0.812. The fraction of sp³-hybridized carbons (Fsp3) is 0.350. The van der Waals surface area contributed by atoms with Gasteiger partial charge >= 0.3 is 11.9 Å². The van der Waals surface area contributed by atoms with Crippen LogP contribution in [0.1, 0.15) is 54.6 Å². The average molecular weight is 371 g/mol. The lowest BCUT2D eigenvalue weighted by Gasteiger charge is -2.25. The lowest BCUT2D eigenvalue weighted by molar-refractivity contribution is -0.135. The minimum atomic E-state index is -0.654. The number of rotatable bonds is 5. The molecule has 1 atom stereocenters. The lowest BCUT2D eigenvalue weighted by atomic mass is 9.86. The van der Waals surface area contributed by atoms with Crippen LogP contribution in [0.2, 0.25) is 0 Å². The molecule has 142 valence electrons. The number of benzene rings is 1. The summed E-state index contributed by atoms with van der Waals surface area (Å²) >= 11 is 0. The van der Waals surface area contributed by atoms with Crippen LogP contribution in [-0.4, -0.2) is 29.6 Å². The largest absolute Gasteiger partial charge is 0.491 e. The molecule has 1 N–H and O–H groups in total. The molecule has 7 heteroatoms. The summed E-state index contributed by atoms with van der Waals surface area (Å²) < 4.78 is 15.9. The first-order valence-electron chi connectivity index (χ1n) is 8.80. The van der Waals surface area contributed by atoms with Crippen molar-refractivity contribution in [3.8, 4) is 11.5 Å². The first kappa shape index (κ1) is 18.7. The molecular weight excluding hydrogens is 350 g/mol. The Labute approximate surface area is 156 Å². The van der Waals surface area contributed by atoms with Crippen molar-refractivity contribution in [3.63, 3.8) is 0 Å². The maximum Gasteiger partial charge on any atom is 0.343 e. The molecule has 0 saturated carbocycles. The molecule has 0 amide bonds. The number of fused-ring (bicyclic) bond motifs is 1. The van der Waals surface area contributed by atoms with Crippen molar-refractivity contribution in [3.05, 3.63) is 57.5 Å². The first-order valence-corrected chi connectivity index (χ1v) is 8.80. The third kappa shape index (κ3) is 3.86. The Hall–Kier alpha value is -3.09. The van der Waals surface area contributed by atoms with Gasteiger partial charge in [-0.2, -0.15) is 0 Å². The Morgan fingerprint density at radius 3 is 2.59 bits per heavy atom. The van der Waals surface area contributed by atoms with Crippen molar-refractivity contribution in [2.45, 2.75) is 39.2 Å². The highest BCUT2D eigenvalue weighted by Crippen LogP contribution is 2.38. The molecule has 3 rings (SSSR count). The van der Waals surface area contributed by atoms with Crippen LogP contribution in [-0.2, 0) is 9.53 Å². The third-order valence-electron chi connectivity index (χ3n) is 4.17. The van der Waals surface area contributed by atoms with Crippen molar-refractivity contribution in [1.82, 2.24) is 4.98 Å². The van der Waals surface area contributed by atoms with E-state index in [1.807, 2.05) is 13.8 Å². The molecule has 0 bridgehead atoms. The summed E-state index contributed by atoms with van der Waals surface area (Å²) in [6.07, 6.45) is 1.26. The van der Waals surface area contributed by atoms with Crippen LogP contribution in [0.3, 0.4) is 0 Å². The van der Waals surface area contributed by atoms with E-state index in [2.05, 4.69) is 4.98 Å². The molecule has 1 unspecified atom stereocenters. The summed E-state index contributed by atoms with van der Waals surface area (Å²) in [5.74, 6) is -1.01. The fourth-order valence-electron chi connectivity index (χ4n) is 3.08. The molecule has 1 aliphatic heterocycles. The number of hydrogen-bond donors (Lipinski definition) is 1. The van der Waals surface area contributed by atoms with Gasteiger partial charge in [-0.15, -0.1) is 0 Å². The maximum atomic E-state index is 12.5. The van der Waals surface area contributed by atoms with E-state index in [1.54, 1.807) is 31.2 Å². The second-order valence-electron chi connectivity index (χ2n) is 6.46. The fourth-order valence-corrected chi connectivity index (χ4v) is 3.08. The third-order valence-corrected chi connectivity index (χ3v) is 4.17. The van der Waals surface area contributed by atoms with Crippen LogP contribution >= 0.6 is 0 Å².